The third-order valence-corrected chi connectivity index (χ3v) is 3.55. The molecule has 1 aliphatic rings. The van der Waals surface area contributed by atoms with Gasteiger partial charge in [-0.3, -0.25) is 4.79 Å². The van der Waals surface area contributed by atoms with Crippen LogP contribution in [0.25, 0.3) is 0 Å². The van der Waals surface area contributed by atoms with E-state index in [4.69, 9.17) is 10.00 Å². The Morgan fingerprint density at radius 2 is 1.95 bits per heavy atom. The third-order valence-electron chi connectivity index (χ3n) is 3.55. The topological polar surface area (TPSA) is 62.1 Å². The van der Waals surface area contributed by atoms with Crippen LogP contribution in [0.4, 0.5) is 0 Å². The van der Waals surface area contributed by atoms with Crippen molar-refractivity contribution in [1.82, 2.24) is 5.32 Å². The average molecular weight is 272 g/mol. The van der Waals surface area contributed by atoms with E-state index in [1.807, 2.05) is 12.1 Å². The summed E-state index contributed by atoms with van der Waals surface area (Å²) in [5.41, 5.74) is 0.950. The Morgan fingerprint density at radius 1 is 1.25 bits per heavy atom. The van der Waals surface area contributed by atoms with E-state index in [2.05, 4.69) is 11.4 Å². The van der Waals surface area contributed by atoms with E-state index in [0.717, 1.165) is 18.4 Å². The first-order valence-corrected chi connectivity index (χ1v) is 7.16. The van der Waals surface area contributed by atoms with Gasteiger partial charge in [-0.25, -0.2) is 0 Å². The van der Waals surface area contributed by atoms with Crippen molar-refractivity contribution in [3.05, 3.63) is 29.8 Å². The zero-order valence-electron chi connectivity index (χ0n) is 11.6. The molecule has 4 heteroatoms. The smallest absolute Gasteiger partial charge is 0.258 e. The highest BCUT2D eigenvalue weighted by atomic mass is 16.5. The number of nitriles is 1. The molecule has 1 N–H and O–H groups in total. The molecule has 0 aromatic heterocycles. The minimum atomic E-state index is -0.0574. The Hall–Kier alpha value is -2.02. The van der Waals surface area contributed by atoms with E-state index in [-0.39, 0.29) is 12.5 Å². The number of amides is 1. The monoisotopic (exact) mass is 272 g/mol. The van der Waals surface area contributed by atoms with Gasteiger partial charge >= 0.3 is 0 Å². The second-order valence-corrected chi connectivity index (χ2v) is 5.17. The number of benzene rings is 1. The standard InChI is InChI=1S/C16H20N2O2/c17-11-10-13-6-8-15(9-7-13)20-12-16(19)18-14-4-2-1-3-5-14/h6-9,14H,1-5,10,12H2,(H,18,19). The summed E-state index contributed by atoms with van der Waals surface area (Å²) in [6.45, 7) is 0.0497. The Kier molecular flexibility index (Phi) is 5.43. The number of nitrogens with one attached hydrogen (secondary N) is 1. The van der Waals surface area contributed by atoms with Crippen LogP contribution in [-0.2, 0) is 11.2 Å². The Bertz CT molecular complexity index is 470. The van der Waals surface area contributed by atoms with Gasteiger partial charge in [-0.1, -0.05) is 31.4 Å². The third kappa shape index (κ3) is 4.58. The quantitative estimate of drug-likeness (QED) is 0.896. The molecule has 0 saturated heterocycles. The number of carbonyl (C=O) groups excluding carboxylic acids is 1. The molecule has 1 aromatic carbocycles. The molecule has 0 unspecified atom stereocenters. The lowest BCUT2D eigenvalue weighted by atomic mass is 9.95. The van der Waals surface area contributed by atoms with Gasteiger partial charge in [0.05, 0.1) is 12.5 Å². The van der Waals surface area contributed by atoms with Crippen LogP contribution in [0.1, 0.15) is 37.7 Å². The summed E-state index contributed by atoms with van der Waals surface area (Å²) in [6, 6.07) is 9.69. The average Bonchev–Trinajstić information content (AvgIpc) is 2.48. The summed E-state index contributed by atoms with van der Waals surface area (Å²) in [5, 5.41) is 11.6. The number of carbonyl (C=O) groups is 1. The Morgan fingerprint density at radius 3 is 2.60 bits per heavy atom. The fraction of sp³-hybridized carbons (Fsp3) is 0.500. The predicted octanol–water partition coefficient (Wildman–Crippen LogP) is 2.58. The molecule has 0 radical (unpaired) electrons. The lowest BCUT2D eigenvalue weighted by Crippen LogP contribution is -2.38. The molecule has 2 rings (SSSR count). The number of ether oxygens (including phenoxy) is 1. The lowest BCUT2D eigenvalue weighted by molar-refractivity contribution is -0.124. The van der Waals surface area contributed by atoms with E-state index >= 15 is 0 Å². The fourth-order valence-electron chi connectivity index (χ4n) is 2.46. The van der Waals surface area contributed by atoms with Crippen molar-refractivity contribution in [2.75, 3.05) is 6.61 Å². The maximum absolute atomic E-state index is 11.8. The van der Waals surface area contributed by atoms with Gasteiger partial charge in [0.15, 0.2) is 6.61 Å². The van der Waals surface area contributed by atoms with Gasteiger partial charge in [-0.2, -0.15) is 5.26 Å². The SMILES string of the molecule is N#CCc1ccc(OCC(=O)NC2CCCCC2)cc1. The van der Waals surface area contributed by atoms with E-state index in [9.17, 15) is 4.79 Å². The van der Waals surface area contributed by atoms with Gasteiger partial charge in [-0.05, 0) is 30.5 Å². The first-order chi connectivity index (χ1) is 9.78. The van der Waals surface area contributed by atoms with E-state index in [1.165, 1.54) is 19.3 Å². The summed E-state index contributed by atoms with van der Waals surface area (Å²) in [6.07, 6.45) is 6.22. The number of nitrogens with zero attached hydrogens (tertiary/aromatic N) is 1. The highest BCUT2D eigenvalue weighted by molar-refractivity contribution is 5.77. The molecule has 0 heterocycles. The molecule has 1 fully saturated rings. The van der Waals surface area contributed by atoms with Crippen LogP contribution in [0, 0.1) is 11.3 Å². The number of rotatable bonds is 5. The van der Waals surface area contributed by atoms with Crippen LogP contribution >= 0.6 is 0 Å². The molecule has 4 nitrogen and oxygen atoms in total. The van der Waals surface area contributed by atoms with Crippen molar-refractivity contribution in [3.8, 4) is 11.8 Å². The van der Waals surface area contributed by atoms with Gasteiger partial charge in [0.25, 0.3) is 5.91 Å². The number of hydrogen-bond acceptors (Lipinski definition) is 3. The molecule has 1 aliphatic carbocycles. The van der Waals surface area contributed by atoms with Crippen molar-refractivity contribution in [1.29, 1.82) is 5.26 Å². The summed E-state index contributed by atoms with van der Waals surface area (Å²) >= 11 is 0. The second-order valence-electron chi connectivity index (χ2n) is 5.17. The van der Waals surface area contributed by atoms with Crippen molar-refractivity contribution >= 4 is 5.91 Å². The summed E-state index contributed by atoms with van der Waals surface area (Å²) < 4.78 is 5.45. The zero-order chi connectivity index (χ0) is 14.2. The van der Waals surface area contributed by atoms with Crippen LogP contribution in [0.3, 0.4) is 0 Å². The van der Waals surface area contributed by atoms with Crippen LogP contribution < -0.4 is 10.1 Å². The Balaban J connectivity index is 1.73. The molecule has 1 amide bonds. The molecule has 1 aromatic rings. The molecule has 0 spiro atoms. The molecule has 1 saturated carbocycles. The molecule has 0 aliphatic heterocycles. The minimum absolute atomic E-state index is 0.0497. The van der Waals surface area contributed by atoms with Gasteiger partial charge in [0.2, 0.25) is 0 Å². The van der Waals surface area contributed by atoms with Crippen molar-refractivity contribution in [2.45, 2.75) is 44.6 Å². The number of hydrogen-bond donors (Lipinski definition) is 1. The Labute approximate surface area is 119 Å². The van der Waals surface area contributed by atoms with Crippen LogP contribution in [-0.4, -0.2) is 18.6 Å². The summed E-state index contributed by atoms with van der Waals surface area (Å²) in [5.74, 6) is 0.600. The van der Waals surface area contributed by atoms with Crippen LogP contribution in [0.2, 0.25) is 0 Å². The first-order valence-electron chi connectivity index (χ1n) is 7.16. The molecular formula is C16H20N2O2. The molecule has 106 valence electrons. The highest BCUT2D eigenvalue weighted by Gasteiger charge is 2.15. The molecule has 20 heavy (non-hydrogen) atoms. The maximum atomic E-state index is 11.8. The summed E-state index contributed by atoms with van der Waals surface area (Å²) in [4.78, 5) is 11.8. The summed E-state index contributed by atoms with van der Waals surface area (Å²) in [7, 11) is 0. The van der Waals surface area contributed by atoms with E-state index in [1.54, 1.807) is 12.1 Å². The fourth-order valence-corrected chi connectivity index (χ4v) is 2.46. The predicted molar refractivity (Wildman–Crippen MR) is 76.3 cm³/mol. The van der Waals surface area contributed by atoms with Crippen molar-refractivity contribution < 1.29 is 9.53 Å². The van der Waals surface area contributed by atoms with Crippen LogP contribution in [0.5, 0.6) is 5.75 Å². The van der Waals surface area contributed by atoms with Gasteiger partial charge in [0, 0.05) is 6.04 Å². The van der Waals surface area contributed by atoms with E-state index in [0.29, 0.717) is 18.2 Å². The largest absolute Gasteiger partial charge is 0.484 e. The van der Waals surface area contributed by atoms with Crippen molar-refractivity contribution in [3.63, 3.8) is 0 Å². The van der Waals surface area contributed by atoms with Crippen LogP contribution in [0.15, 0.2) is 24.3 Å². The highest BCUT2D eigenvalue weighted by Crippen LogP contribution is 2.17. The van der Waals surface area contributed by atoms with Gasteiger partial charge in [0.1, 0.15) is 5.75 Å². The molecular weight excluding hydrogens is 252 g/mol. The zero-order valence-corrected chi connectivity index (χ0v) is 11.6. The minimum Gasteiger partial charge on any atom is -0.484 e. The first kappa shape index (κ1) is 14.4. The molecule has 0 bridgehead atoms. The van der Waals surface area contributed by atoms with Gasteiger partial charge < -0.3 is 10.1 Å². The second kappa shape index (κ2) is 7.54. The van der Waals surface area contributed by atoms with Gasteiger partial charge in [-0.15, -0.1) is 0 Å². The maximum Gasteiger partial charge on any atom is 0.258 e. The lowest BCUT2D eigenvalue weighted by Gasteiger charge is -2.22. The van der Waals surface area contributed by atoms with E-state index < -0.39 is 0 Å². The normalized spacial score (nSPS) is 15.3. The van der Waals surface area contributed by atoms with Crippen molar-refractivity contribution in [2.24, 2.45) is 0 Å². The molecule has 0 atom stereocenters.